The number of methoxy groups -OCH3 is 1. The van der Waals surface area contributed by atoms with E-state index in [1.54, 1.807) is 30.6 Å². The molecule has 0 spiro atoms. The SMILES string of the molecule is COc1cccc(-c2[s+][n-]c(-c3ccc([N+](=O)[O-])cc3)[s+]2)c1. The Hall–Kier alpha value is -2.38. The molecule has 3 rings (SSSR count). The lowest BCUT2D eigenvalue weighted by atomic mass is 10.2. The van der Waals surface area contributed by atoms with Crippen LogP contribution in [-0.4, -0.2) is 12.0 Å². The normalized spacial score (nSPS) is 10.4. The van der Waals surface area contributed by atoms with Crippen molar-refractivity contribution in [2.24, 2.45) is 0 Å². The summed E-state index contributed by atoms with van der Waals surface area (Å²) in [7, 11) is 1.64. The second-order valence-electron chi connectivity index (χ2n) is 4.41. The van der Waals surface area contributed by atoms with E-state index in [9.17, 15) is 10.1 Å². The van der Waals surface area contributed by atoms with Crippen LogP contribution in [0.4, 0.5) is 5.69 Å². The Kier molecular flexibility index (Phi) is 4.08. The fraction of sp³-hybridized carbons (Fsp3) is 0.0667. The molecule has 0 aliphatic heterocycles. The van der Waals surface area contributed by atoms with Gasteiger partial charge in [0.1, 0.15) is 11.3 Å². The Balaban J connectivity index is 1.91. The topological polar surface area (TPSA) is 66.5 Å². The van der Waals surface area contributed by atoms with Crippen LogP contribution in [0.2, 0.25) is 0 Å². The largest absolute Gasteiger partial charge is 0.497 e. The molecule has 3 aromatic rings. The Morgan fingerprint density at radius 2 is 1.91 bits per heavy atom. The molecule has 0 aliphatic rings. The van der Waals surface area contributed by atoms with Crippen LogP contribution >= 0.6 is 22.9 Å². The molecule has 1 aromatic heterocycles. The quantitative estimate of drug-likeness (QED) is 0.399. The van der Waals surface area contributed by atoms with Crippen molar-refractivity contribution in [2.75, 3.05) is 7.11 Å². The minimum atomic E-state index is -0.407. The lowest BCUT2D eigenvalue weighted by molar-refractivity contribution is -0.384. The summed E-state index contributed by atoms with van der Waals surface area (Å²) < 4.78 is 10.7. The van der Waals surface area contributed by atoms with Gasteiger partial charge in [0.2, 0.25) is 11.5 Å². The van der Waals surface area contributed by atoms with E-state index < -0.39 is 4.92 Å². The Labute approximate surface area is 134 Å². The first-order valence-corrected chi connectivity index (χ1v) is 7.95. The van der Waals surface area contributed by atoms with Gasteiger partial charge in [0, 0.05) is 17.7 Å². The number of nitro groups is 1. The average Bonchev–Trinajstić information content (AvgIpc) is 3.05. The third-order valence-corrected chi connectivity index (χ3v) is 5.24. The van der Waals surface area contributed by atoms with Crippen LogP contribution in [0.15, 0.2) is 48.5 Å². The molecule has 0 bridgehead atoms. The summed E-state index contributed by atoms with van der Waals surface area (Å²) in [6, 6.07) is 14.2. The molecule has 110 valence electrons. The summed E-state index contributed by atoms with van der Waals surface area (Å²) in [5, 5.41) is 11.5. The minimum Gasteiger partial charge on any atom is -0.497 e. The number of non-ortho nitro benzene ring substituents is 1. The van der Waals surface area contributed by atoms with Crippen LogP contribution in [0.5, 0.6) is 5.75 Å². The van der Waals surface area contributed by atoms with Crippen LogP contribution in [0, 0.1) is 10.1 Å². The van der Waals surface area contributed by atoms with Gasteiger partial charge in [0.25, 0.3) is 17.0 Å². The highest BCUT2D eigenvalue weighted by molar-refractivity contribution is 7.34. The van der Waals surface area contributed by atoms with E-state index in [4.69, 9.17) is 4.74 Å². The van der Waals surface area contributed by atoms with Gasteiger partial charge in [0.05, 0.1) is 12.0 Å². The molecule has 7 heteroatoms. The van der Waals surface area contributed by atoms with Crippen molar-refractivity contribution < 1.29 is 9.66 Å². The monoisotopic (exact) mass is 331 g/mol. The number of rotatable bonds is 4. The van der Waals surface area contributed by atoms with Crippen molar-refractivity contribution in [1.82, 2.24) is 4.37 Å². The van der Waals surface area contributed by atoms with Crippen LogP contribution < -0.4 is 9.11 Å². The molecule has 0 aliphatic carbocycles. The Morgan fingerprint density at radius 1 is 1.14 bits per heavy atom. The lowest BCUT2D eigenvalue weighted by Gasteiger charge is -1.96. The molecule has 2 aromatic carbocycles. The van der Waals surface area contributed by atoms with Crippen molar-refractivity contribution in [1.29, 1.82) is 0 Å². The van der Waals surface area contributed by atoms with Crippen molar-refractivity contribution in [3.63, 3.8) is 0 Å². The van der Waals surface area contributed by atoms with Crippen LogP contribution in [0.1, 0.15) is 0 Å². The number of hydrogen-bond acceptors (Lipinski definition) is 3. The van der Waals surface area contributed by atoms with Crippen molar-refractivity contribution in [3.05, 3.63) is 58.6 Å². The van der Waals surface area contributed by atoms with E-state index in [-0.39, 0.29) is 5.69 Å². The van der Waals surface area contributed by atoms with Crippen molar-refractivity contribution in [2.45, 2.75) is 0 Å². The van der Waals surface area contributed by atoms with Gasteiger partial charge >= 0.3 is 4.19 Å². The molecule has 0 amide bonds. The Bertz CT molecular complexity index is 816. The predicted molar refractivity (Wildman–Crippen MR) is 88.4 cm³/mol. The number of ether oxygens (including phenoxy) is 1. The van der Waals surface area contributed by atoms with Gasteiger partial charge in [0.15, 0.2) is 5.01 Å². The van der Waals surface area contributed by atoms with E-state index in [1.807, 2.05) is 24.3 Å². The first-order chi connectivity index (χ1) is 10.7. The maximum Gasteiger partial charge on any atom is 0.469 e. The van der Waals surface area contributed by atoms with Crippen LogP contribution in [0.25, 0.3) is 20.3 Å². The zero-order valence-electron chi connectivity index (χ0n) is 11.6. The lowest BCUT2D eigenvalue weighted by Crippen LogP contribution is -1.86. The second-order valence-corrected chi connectivity index (χ2v) is 6.44. The van der Waals surface area contributed by atoms with E-state index >= 15 is 0 Å². The van der Waals surface area contributed by atoms with Gasteiger partial charge in [-0.3, -0.25) is 10.1 Å². The molecular formula is C15H11N2O3S2+. The number of benzene rings is 2. The summed E-state index contributed by atoms with van der Waals surface area (Å²) in [5.41, 5.74) is 2.01. The molecule has 0 N–H and O–H groups in total. The molecule has 0 saturated heterocycles. The van der Waals surface area contributed by atoms with Crippen LogP contribution in [-0.2, 0) is 0 Å². The van der Waals surface area contributed by atoms with E-state index in [1.165, 1.54) is 23.7 Å². The van der Waals surface area contributed by atoms with Gasteiger partial charge in [-0.2, -0.15) is 0 Å². The van der Waals surface area contributed by atoms with Gasteiger partial charge in [-0.15, -0.1) is 0 Å². The van der Waals surface area contributed by atoms with Gasteiger partial charge in [-0.1, -0.05) is 6.07 Å². The third-order valence-electron chi connectivity index (χ3n) is 3.03. The first-order valence-electron chi connectivity index (χ1n) is 6.36. The highest BCUT2D eigenvalue weighted by Gasteiger charge is 2.24. The number of nitrogens with zero attached hydrogens (tertiary/aromatic N) is 2. The van der Waals surface area contributed by atoms with Gasteiger partial charge in [-0.05, 0) is 30.3 Å². The molecule has 0 atom stereocenters. The molecule has 0 saturated carbocycles. The maximum atomic E-state index is 10.7. The summed E-state index contributed by atoms with van der Waals surface area (Å²) in [5.74, 6) is 0.801. The summed E-state index contributed by atoms with van der Waals surface area (Å²) in [6.45, 7) is 0. The fourth-order valence-electron chi connectivity index (χ4n) is 1.91. The highest BCUT2D eigenvalue weighted by Crippen LogP contribution is 2.36. The van der Waals surface area contributed by atoms with E-state index in [0.29, 0.717) is 0 Å². The second kappa shape index (κ2) is 6.17. The summed E-state index contributed by atoms with van der Waals surface area (Å²) in [6.07, 6.45) is 0. The predicted octanol–water partition coefficient (Wildman–Crippen LogP) is 4.58. The molecule has 5 nitrogen and oxygen atoms in total. The molecule has 1 heterocycles. The van der Waals surface area contributed by atoms with Crippen molar-refractivity contribution in [3.8, 4) is 26.1 Å². The fourth-order valence-corrected chi connectivity index (χ4v) is 3.84. The molecule has 0 unspecified atom stereocenters. The van der Waals surface area contributed by atoms with E-state index in [2.05, 4.69) is 4.37 Å². The average molecular weight is 331 g/mol. The highest BCUT2D eigenvalue weighted by atomic mass is 32.2. The summed E-state index contributed by atoms with van der Waals surface area (Å²) in [4.78, 5) is 10.3. The first kappa shape index (κ1) is 14.6. The summed E-state index contributed by atoms with van der Waals surface area (Å²) >= 11 is 2.96. The molecule has 0 fully saturated rings. The minimum absolute atomic E-state index is 0.0806. The standard InChI is InChI=1S/C15H11N2O3S2/c1-20-13-4-2-3-11(9-13)15-21-14(16-22-15)10-5-7-12(8-6-10)17(18)19/h2-9H,1H3/q+1. The number of hydrogen-bond donors (Lipinski definition) is 0. The zero-order chi connectivity index (χ0) is 15.5. The van der Waals surface area contributed by atoms with E-state index in [0.717, 1.165) is 26.1 Å². The molecule has 22 heavy (non-hydrogen) atoms. The number of aromatic nitrogens is 1. The zero-order valence-corrected chi connectivity index (χ0v) is 13.2. The van der Waals surface area contributed by atoms with Gasteiger partial charge in [-0.25, -0.2) is 0 Å². The molecular weight excluding hydrogens is 320 g/mol. The number of nitro benzene ring substituents is 1. The van der Waals surface area contributed by atoms with Gasteiger partial charge < -0.3 is 9.11 Å². The Morgan fingerprint density at radius 3 is 2.59 bits per heavy atom. The van der Waals surface area contributed by atoms with Crippen LogP contribution in [0.3, 0.4) is 0 Å². The molecule has 0 radical (unpaired) electrons. The third kappa shape index (κ3) is 2.95. The smallest absolute Gasteiger partial charge is 0.469 e. The van der Waals surface area contributed by atoms with Crippen molar-refractivity contribution >= 4 is 28.6 Å². The maximum absolute atomic E-state index is 10.7.